The molecule has 4 N–H and O–H groups in total. The molecule has 0 aliphatic rings. The predicted molar refractivity (Wildman–Crippen MR) is 74.0 cm³/mol. The summed E-state index contributed by atoms with van der Waals surface area (Å²) < 4.78 is 0.880. The second kappa shape index (κ2) is 5.97. The van der Waals surface area contributed by atoms with Crippen LogP contribution in [0.3, 0.4) is 0 Å². The minimum absolute atomic E-state index is 0.0163. The number of primary amides is 1. The van der Waals surface area contributed by atoms with E-state index in [0.29, 0.717) is 5.69 Å². The number of hydrogen-bond acceptors (Lipinski definition) is 3. The van der Waals surface area contributed by atoms with Crippen LogP contribution in [0.4, 0.5) is 5.69 Å². The summed E-state index contributed by atoms with van der Waals surface area (Å²) in [7, 11) is 0. The number of nitrogens with one attached hydrogen (secondary N) is 2. The third kappa shape index (κ3) is 4.46. The number of carbonyl (C=O) groups excluding carboxylic acids is 2. The van der Waals surface area contributed by atoms with Crippen molar-refractivity contribution < 1.29 is 9.59 Å². The summed E-state index contributed by atoms with van der Waals surface area (Å²) in [6.45, 7) is 3.27. The third-order valence-corrected chi connectivity index (χ3v) is 2.91. The molecule has 0 fully saturated rings. The average molecular weight is 314 g/mol. The van der Waals surface area contributed by atoms with E-state index in [9.17, 15) is 9.59 Å². The molecule has 5 nitrogen and oxygen atoms in total. The quantitative estimate of drug-likeness (QED) is 0.764. The molecule has 0 atom stereocenters. The van der Waals surface area contributed by atoms with Crippen molar-refractivity contribution in [3.05, 3.63) is 28.7 Å². The molecule has 0 saturated heterocycles. The summed E-state index contributed by atoms with van der Waals surface area (Å²) in [5.41, 5.74) is 4.97. The Balaban J connectivity index is 2.50. The summed E-state index contributed by atoms with van der Waals surface area (Å²) >= 11 is 3.31. The van der Waals surface area contributed by atoms with Gasteiger partial charge in [-0.15, -0.1) is 0 Å². The van der Waals surface area contributed by atoms with E-state index in [1.165, 1.54) is 0 Å². The van der Waals surface area contributed by atoms with Gasteiger partial charge in [-0.2, -0.15) is 0 Å². The second-order valence-corrected chi connectivity index (χ2v) is 5.32. The van der Waals surface area contributed by atoms with Gasteiger partial charge in [-0.1, -0.05) is 22.0 Å². The normalized spacial score (nSPS) is 11.1. The van der Waals surface area contributed by atoms with Crippen molar-refractivity contribution in [1.29, 1.82) is 0 Å². The molecular weight excluding hydrogens is 298 g/mol. The molecule has 0 heterocycles. The van der Waals surface area contributed by atoms with Crippen LogP contribution < -0.4 is 16.4 Å². The average Bonchev–Trinajstić information content (AvgIpc) is 2.26. The second-order valence-electron chi connectivity index (χ2n) is 4.40. The lowest BCUT2D eigenvalue weighted by Gasteiger charge is -2.21. The van der Waals surface area contributed by atoms with Crippen LogP contribution in [-0.4, -0.2) is 23.9 Å². The lowest BCUT2D eigenvalue weighted by Crippen LogP contribution is -2.52. The first-order chi connectivity index (χ1) is 8.31. The Morgan fingerprint density at radius 1 is 1.39 bits per heavy atom. The van der Waals surface area contributed by atoms with Crippen LogP contribution >= 0.6 is 15.9 Å². The van der Waals surface area contributed by atoms with Gasteiger partial charge in [-0.05, 0) is 32.0 Å². The number of benzene rings is 1. The van der Waals surface area contributed by atoms with Crippen LogP contribution in [0.15, 0.2) is 28.7 Å². The summed E-state index contributed by atoms with van der Waals surface area (Å²) in [4.78, 5) is 22.7. The first-order valence-corrected chi connectivity index (χ1v) is 6.21. The van der Waals surface area contributed by atoms with Crippen molar-refractivity contribution in [2.24, 2.45) is 5.73 Å². The Kier molecular flexibility index (Phi) is 4.86. The molecule has 0 aliphatic heterocycles. The number of nitrogens with two attached hydrogens (primary N) is 1. The van der Waals surface area contributed by atoms with Crippen molar-refractivity contribution in [2.45, 2.75) is 19.4 Å². The fraction of sp³-hybridized carbons (Fsp3) is 0.333. The number of halogens is 1. The molecule has 0 aliphatic carbocycles. The van der Waals surface area contributed by atoms with Gasteiger partial charge in [-0.25, -0.2) is 0 Å². The Morgan fingerprint density at radius 3 is 2.61 bits per heavy atom. The summed E-state index contributed by atoms with van der Waals surface area (Å²) in [6, 6.07) is 7.25. The number of amides is 2. The minimum atomic E-state index is -0.908. The highest BCUT2D eigenvalue weighted by Crippen LogP contribution is 2.15. The molecule has 0 bridgehead atoms. The van der Waals surface area contributed by atoms with Crippen LogP contribution in [0.5, 0.6) is 0 Å². The van der Waals surface area contributed by atoms with E-state index < -0.39 is 11.4 Å². The molecule has 0 unspecified atom stereocenters. The summed E-state index contributed by atoms with van der Waals surface area (Å²) in [5, 5.41) is 5.51. The first-order valence-electron chi connectivity index (χ1n) is 5.41. The first kappa shape index (κ1) is 14.7. The minimum Gasteiger partial charge on any atom is -0.368 e. The molecule has 18 heavy (non-hydrogen) atoms. The maximum atomic E-state index is 11.7. The molecule has 1 rings (SSSR count). The molecule has 0 saturated carbocycles. The zero-order valence-corrected chi connectivity index (χ0v) is 11.9. The summed E-state index contributed by atoms with van der Waals surface area (Å²) in [6.07, 6.45) is 0. The van der Waals surface area contributed by atoms with Crippen LogP contribution in [0.25, 0.3) is 0 Å². The van der Waals surface area contributed by atoms with E-state index in [-0.39, 0.29) is 12.5 Å². The van der Waals surface area contributed by atoms with Crippen molar-refractivity contribution in [2.75, 3.05) is 11.9 Å². The molecular formula is C12H16BrN3O2. The largest absolute Gasteiger partial charge is 0.368 e. The zero-order chi connectivity index (χ0) is 13.8. The van der Waals surface area contributed by atoms with Crippen molar-refractivity contribution >= 4 is 33.4 Å². The lowest BCUT2D eigenvalue weighted by atomic mass is 10.1. The van der Waals surface area contributed by atoms with Crippen molar-refractivity contribution in [3.63, 3.8) is 0 Å². The molecule has 0 aromatic heterocycles. The zero-order valence-electron chi connectivity index (χ0n) is 10.3. The van der Waals surface area contributed by atoms with Gasteiger partial charge in [0.25, 0.3) is 0 Å². The molecule has 1 aromatic carbocycles. The van der Waals surface area contributed by atoms with Crippen molar-refractivity contribution in [1.82, 2.24) is 5.32 Å². The van der Waals surface area contributed by atoms with Gasteiger partial charge >= 0.3 is 0 Å². The van der Waals surface area contributed by atoms with Crippen LogP contribution in [-0.2, 0) is 9.59 Å². The van der Waals surface area contributed by atoms with Crippen LogP contribution in [0, 0.1) is 0 Å². The van der Waals surface area contributed by atoms with E-state index in [0.717, 1.165) is 4.47 Å². The van der Waals surface area contributed by atoms with E-state index in [4.69, 9.17) is 5.73 Å². The number of carbonyl (C=O) groups is 2. The maximum Gasteiger partial charge on any atom is 0.238 e. The molecule has 98 valence electrons. The fourth-order valence-electron chi connectivity index (χ4n) is 1.16. The molecule has 6 heteroatoms. The van der Waals surface area contributed by atoms with E-state index >= 15 is 0 Å². The monoisotopic (exact) mass is 313 g/mol. The smallest absolute Gasteiger partial charge is 0.238 e. The standard InChI is InChI=1S/C12H16BrN3O2/c1-12(2,11(14)18)15-7-10(17)16-9-5-3-4-8(13)6-9/h3-6,15H,7H2,1-2H3,(H2,14,18)(H,16,17). The number of anilines is 1. The van der Waals surface area contributed by atoms with Gasteiger partial charge < -0.3 is 11.1 Å². The highest BCUT2D eigenvalue weighted by Gasteiger charge is 2.24. The van der Waals surface area contributed by atoms with E-state index in [1.54, 1.807) is 26.0 Å². The Bertz CT molecular complexity index is 460. The predicted octanol–water partition coefficient (Wildman–Crippen LogP) is 1.24. The van der Waals surface area contributed by atoms with Gasteiger partial charge in [-0.3, -0.25) is 14.9 Å². The Hall–Kier alpha value is -1.40. The van der Waals surface area contributed by atoms with Crippen LogP contribution in [0.1, 0.15) is 13.8 Å². The van der Waals surface area contributed by atoms with E-state index in [2.05, 4.69) is 26.6 Å². The van der Waals surface area contributed by atoms with Gasteiger partial charge in [0, 0.05) is 10.2 Å². The highest BCUT2D eigenvalue weighted by atomic mass is 79.9. The molecule has 1 aromatic rings. The molecule has 2 amide bonds. The Morgan fingerprint density at radius 2 is 2.06 bits per heavy atom. The van der Waals surface area contributed by atoms with Gasteiger partial charge in [0.05, 0.1) is 12.1 Å². The van der Waals surface area contributed by atoms with Gasteiger partial charge in [0.2, 0.25) is 11.8 Å². The molecule has 0 radical (unpaired) electrons. The third-order valence-electron chi connectivity index (χ3n) is 2.42. The SMILES string of the molecule is CC(C)(NCC(=O)Nc1cccc(Br)c1)C(N)=O. The highest BCUT2D eigenvalue weighted by molar-refractivity contribution is 9.10. The summed E-state index contributed by atoms with van der Waals surface area (Å²) in [5.74, 6) is -0.736. The topological polar surface area (TPSA) is 84.2 Å². The van der Waals surface area contributed by atoms with E-state index in [1.807, 2.05) is 12.1 Å². The van der Waals surface area contributed by atoms with Gasteiger partial charge in [0.15, 0.2) is 0 Å². The maximum absolute atomic E-state index is 11.7. The Labute approximate surface area is 114 Å². The van der Waals surface area contributed by atoms with Crippen molar-refractivity contribution in [3.8, 4) is 0 Å². The number of rotatable bonds is 5. The van der Waals surface area contributed by atoms with Gasteiger partial charge in [0.1, 0.15) is 0 Å². The number of hydrogen-bond donors (Lipinski definition) is 3. The molecule has 0 spiro atoms. The lowest BCUT2D eigenvalue weighted by molar-refractivity contribution is -0.123. The fourth-order valence-corrected chi connectivity index (χ4v) is 1.56. The van der Waals surface area contributed by atoms with Crippen LogP contribution in [0.2, 0.25) is 0 Å².